The quantitative estimate of drug-likeness (QED) is 0.397. The number of benzene rings is 2. The van der Waals surface area contributed by atoms with Gasteiger partial charge in [-0.3, -0.25) is 0 Å². The van der Waals surface area contributed by atoms with E-state index in [4.69, 9.17) is 9.84 Å². The summed E-state index contributed by atoms with van der Waals surface area (Å²) in [5.41, 5.74) is 3.10. The van der Waals surface area contributed by atoms with Crippen LogP contribution in [0.25, 0.3) is 0 Å². The smallest absolute Gasteiger partial charge is 0.327 e. The van der Waals surface area contributed by atoms with E-state index >= 15 is 0 Å². The molecule has 0 spiro atoms. The first kappa shape index (κ1) is 25.8. The van der Waals surface area contributed by atoms with Crippen LogP contribution < -0.4 is 10.1 Å². The van der Waals surface area contributed by atoms with Gasteiger partial charge in [-0.2, -0.15) is 4.39 Å². The van der Waals surface area contributed by atoms with E-state index < -0.39 is 23.7 Å². The van der Waals surface area contributed by atoms with Crippen molar-refractivity contribution in [3.8, 4) is 5.75 Å². The van der Waals surface area contributed by atoms with Crippen LogP contribution in [0.1, 0.15) is 43.4 Å². The van der Waals surface area contributed by atoms with Crippen molar-refractivity contribution in [2.24, 2.45) is 5.92 Å². The van der Waals surface area contributed by atoms with Gasteiger partial charge in [0.15, 0.2) is 11.6 Å². The van der Waals surface area contributed by atoms with Gasteiger partial charge >= 0.3 is 5.97 Å². The summed E-state index contributed by atoms with van der Waals surface area (Å²) in [4.78, 5) is 10.5. The van der Waals surface area contributed by atoms with Gasteiger partial charge < -0.3 is 20.3 Å². The summed E-state index contributed by atoms with van der Waals surface area (Å²) in [6.07, 6.45) is 5.32. The summed E-state index contributed by atoms with van der Waals surface area (Å²) in [6.45, 7) is 4.27. The van der Waals surface area contributed by atoms with Crippen LogP contribution in [-0.2, 0) is 24.1 Å². The first-order valence-corrected chi connectivity index (χ1v) is 11.6. The third-order valence-corrected chi connectivity index (χ3v) is 6.10. The van der Waals surface area contributed by atoms with Gasteiger partial charge in [-0.1, -0.05) is 30.3 Å². The Morgan fingerprint density at radius 2 is 1.91 bits per heavy atom. The van der Waals surface area contributed by atoms with Gasteiger partial charge in [0.1, 0.15) is 12.7 Å². The number of ether oxygens (including phenoxy) is 1. The Hall–Kier alpha value is -2.77. The minimum absolute atomic E-state index is 0.184. The third kappa shape index (κ3) is 7.64. The molecule has 0 amide bonds. The van der Waals surface area contributed by atoms with Crippen LogP contribution in [0.4, 0.5) is 8.78 Å². The molecule has 34 heavy (non-hydrogen) atoms. The van der Waals surface area contributed by atoms with E-state index in [1.165, 1.54) is 23.3 Å². The van der Waals surface area contributed by atoms with Crippen molar-refractivity contribution in [1.82, 2.24) is 5.32 Å². The summed E-state index contributed by atoms with van der Waals surface area (Å²) in [5.74, 6) is -2.93. The first-order chi connectivity index (χ1) is 16.1. The lowest BCUT2D eigenvalue weighted by Crippen LogP contribution is -2.46. The van der Waals surface area contributed by atoms with Crippen molar-refractivity contribution in [2.75, 3.05) is 13.2 Å². The Kier molecular flexibility index (Phi) is 8.80. The summed E-state index contributed by atoms with van der Waals surface area (Å²) in [6, 6.07) is 11.0. The lowest BCUT2D eigenvalue weighted by Gasteiger charge is -2.30. The van der Waals surface area contributed by atoms with Crippen LogP contribution in [0.2, 0.25) is 0 Å². The number of β-amino-alcohol motifs (C(OH)–C–C–N with tert-alkyl or cyclic N) is 1. The van der Waals surface area contributed by atoms with E-state index in [0.717, 1.165) is 31.4 Å². The van der Waals surface area contributed by atoms with E-state index in [1.807, 2.05) is 0 Å². The molecule has 1 atom stereocenters. The highest BCUT2D eigenvalue weighted by molar-refractivity contribution is 5.79. The van der Waals surface area contributed by atoms with Gasteiger partial charge in [0.05, 0.1) is 0 Å². The molecule has 1 aliphatic carbocycles. The summed E-state index contributed by atoms with van der Waals surface area (Å²) in [5, 5.41) is 22.4. The second-order valence-electron chi connectivity index (χ2n) is 9.65. The predicted octanol–water partition coefficient (Wildman–Crippen LogP) is 4.45. The van der Waals surface area contributed by atoms with Gasteiger partial charge in [-0.15, -0.1) is 0 Å². The Morgan fingerprint density at radius 3 is 2.56 bits per heavy atom. The fraction of sp³-hybridized carbons (Fsp3) is 0.444. The fourth-order valence-corrected chi connectivity index (χ4v) is 4.53. The third-order valence-electron chi connectivity index (χ3n) is 6.10. The summed E-state index contributed by atoms with van der Waals surface area (Å²) < 4.78 is 33.5. The first-order valence-electron chi connectivity index (χ1n) is 11.6. The number of aryl methyl sites for hydroxylation is 1. The number of rotatable bonds is 12. The highest BCUT2D eigenvalue weighted by Crippen LogP contribution is 2.32. The van der Waals surface area contributed by atoms with E-state index in [9.17, 15) is 18.7 Å². The maximum absolute atomic E-state index is 14.2. The Balaban J connectivity index is 1.46. The number of hydrogen-bond donors (Lipinski definition) is 3. The molecule has 3 rings (SSSR count). The van der Waals surface area contributed by atoms with Crippen LogP contribution in [-0.4, -0.2) is 41.0 Å². The highest BCUT2D eigenvalue weighted by Gasteiger charge is 2.28. The molecule has 0 saturated carbocycles. The lowest BCUT2D eigenvalue weighted by atomic mass is 9.88. The zero-order chi connectivity index (χ0) is 24.7. The summed E-state index contributed by atoms with van der Waals surface area (Å²) >= 11 is 0. The van der Waals surface area contributed by atoms with Gasteiger partial charge in [-0.05, 0) is 80.7 Å². The maximum Gasteiger partial charge on any atom is 0.327 e. The molecule has 3 N–H and O–H groups in total. The molecule has 2 aromatic carbocycles. The molecule has 0 saturated heterocycles. The van der Waals surface area contributed by atoms with Crippen LogP contribution >= 0.6 is 0 Å². The van der Waals surface area contributed by atoms with Crippen LogP contribution in [0, 0.1) is 17.6 Å². The number of aliphatic hydroxyl groups excluding tert-OH is 1. The molecule has 7 heteroatoms. The topological polar surface area (TPSA) is 78.8 Å². The van der Waals surface area contributed by atoms with Crippen LogP contribution in [0.5, 0.6) is 5.75 Å². The second-order valence-corrected chi connectivity index (χ2v) is 9.65. The number of carboxylic acid groups (broad SMARTS) is 1. The minimum Gasteiger partial charge on any atom is -0.488 e. The largest absolute Gasteiger partial charge is 0.488 e. The standard InChI is InChI=1S/C27H33F2NO4/c1-27(2,15-19-11-20-8-4-5-9-21(20)12-19)30-16-22(31)17-34-24-14-18(13-23(28)26(24)29)7-3-6-10-25(32)33/h4-6,8-10,13-14,19,22,30-31H,3,7,11-12,15-17H2,1-2H3,(H,32,33)/t22-/m1/s1. The van der Waals surface area contributed by atoms with Crippen molar-refractivity contribution < 1.29 is 28.5 Å². The molecule has 1 aliphatic rings. The van der Waals surface area contributed by atoms with E-state index in [1.54, 1.807) is 0 Å². The molecule has 184 valence electrons. The highest BCUT2D eigenvalue weighted by atomic mass is 19.2. The van der Waals surface area contributed by atoms with Gasteiger partial charge in [-0.25, -0.2) is 9.18 Å². The lowest BCUT2D eigenvalue weighted by molar-refractivity contribution is -0.131. The zero-order valence-electron chi connectivity index (χ0n) is 19.7. The van der Waals surface area contributed by atoms with Crippen molar-refractivity contribution in [2.45, 2.75) is 57.6 Å². The molecule has 0 aromatic heterocycles. The molecule has 0 radical (unpaired) electrons. The zero-order valence-corrected chi connectivity index (χ0v) is 19.7. The average molecular weight is 474 g/mol. The van der Waals surface area contributed by atoms with E-state index in [-0.39, 0.29) is 24.4 Å². The molecular formula is C27H33F2NO4. The van der Waals surface area contributed by atoms with Gasteiger partial charge in [0.25, 0.3) is 0 Å². The minimum atomic E-state index is -1.11. The predicted molar refractivity (Wildman–Crippen MR) is 127 cm³/mol. The van der Waals surface area contributed by atoms with E-state index in [2.05, 4.69) is 43.4 Å². The number of carboxylic acids is 1. The van der Waals surface area contributed by atoms with Gasteiger partial charge in [0.2, 0.25) is 5.82 Å². The van der Waals surface area contributed by atoms with Crippen molar-refractivity contribution >= 4 is 5.97 Å². The van der Waals surface area contributed by atoms with Crippen molar-refractivity contribution in [3.05, 3.63) is 76.9 Å². The molecule has 0 unspecified atom stereocenters. The number of hydrogen-bond acceptors (Lipinski definition) is 4. The Morgan fingerprint density at radius 1 is 1.24 bits per heavy atom. The Labute approximate surface area is 199 Å². The fourth-order valence-electron chi connectivity index (χ4n) is 4.53. The van der Waals surface area contributed by atoms with Crippen molar-refractivity contribution in [3.63, 3.8) is 0 Å². The molecule has 0 heterocycles. The second kappa shape index (κ2) is 11.6. The van der Waals surface area contributed by atoms with Crippen LogP contribution in [0.3, 0.4) is 0 Å². The molecule has 0 fully saturated rings. The number of aliphatic hydroxyl groups is 1. The number of carbonyl (C=O) groups is 1. The Bertz CT molecular complexity index is 997. The molecule has 2 aromatic rings. The van der Waals surface area contributed by atoms with Gasteiger partial charge in [0, 0.05) is 18.2 Å². The van der Waals surface area contributed by atoms with E-state index in [0.29, 0.717) is 24.3 Å². The molecular weight excluding hydrogens is 440 g/mol. The monoisotopic (exact) mass is 473 g/mol. The SMILES string of the molecule is CC(C)(CC1Cc2ccccc2C1)NC[C@@H](O)COc1cc(CCC=CC(=O)O)cc(F)c1F. The normalized spacial score (nSPS) is 15.0. The van der Waals surface area contributed by atoms with Crippen molar-refractivity contribution in [1.29, 1.82) is 0 Å². The number of halogens is 2. The average Bonchev–Trinajstić information content (AvgIpc) is 3.18. The molecule has 0 aliphatic heterocycles. The number of fused-ring (bicyclic) bond motifs is 1. The molecule has 5 nitrogen and oxygen atoms in total. The number of aliphatic carboxylic acids is 1. The number of allylic oxidation sites excluding steroid dienone is 1. The molecule has 0 bridgehead atoms. The maximum atomic E-state index is 14.2. The van der Waals surface area contributed by atoms with Crippen LogP contribution in [0.15, 0.2) is 48.6 Å². The summed E-state index contributed by atoms with van der Waals surface area (Å²) in [7, 11) is 0. The number of nitrogens with one attached hydrogen (secondary N) is 1.